The topological polar surface area (TPSA) is 29.1 Å². The monoisotopic (exact) mass is 313 g/mol. The van der Waals surface area contributed by atoms with Crippen LogP contribution in [0.1, 0.15) is 37.0 Å². The van der Waals surface area contributed by atoms with Gasteiger partial charge >= 0.3 is 0 Å². The zero-order chi connectivity index (χ0) is 13.3. The van der Waals surface area contributed by atoms with Gasteiger partial charge in [0.1, 0.15) is 5.82 Å². The normalized spacial score (nSPS) is 27.2. The Bertz CT molecular complexity index is 463. The third kappa shape index (κ3) is 2.74. The van der Waals surface area contributed by atoms with Crippen molar-refractivity contribution in [1.82, 2.24) is 5.32 Å². The van der Waals surface area contributed by atoms with Crippen LogP contribution in [0.3, 0.4) is 0 Å². The van der Waals surface area contributed by atoms with Crippen LogP contribution in [0.4, 0.5) is 4.39 Å². The van der Waals surface area contributed by atoms with Gasteiger partial charge in [0.2, 0.25) is 0 Å². The van der Waals surface area contributed by atoms with E-state index in [-0.39, 0.29) is 11.9 Å². The maximum absolute atomic E-state index is 13.4. The Kier molecular flexibility index (Phi) is 4.05. The standard InChI is InChI=1S/C14H17BrFNO/c1-8-3-6-13(9(8)2)17-14(18)10-4-5-11(15)12(16)7-10/h4-5,7-9,13H,3,6H2,1-2H3,(H,17,18). The lowest BCUT2D eigenvalue weighted by atomic mass is 9.97. The molecule has 1 aliphatic carbocycles. The van der Waals surface area contributed by atoms with Crippen molar-refractivity contribution in [3.63, 3.8) is 0 Å². The molecule has 2 rings (SSSR count). The zero-order valence-electron chi connectivity index (χ0n) is 10.5. The molecule has 1 aromatic rings. The number of hydrogen-bond acceptors (Lipinski definition) is 1. The summed E-state index contributed by atoms with van der Waals surface area (Å²) in [5.74, 6) is 0.522. The van der Waals surface area contributed by atoms with Crippen LogP contribution in [-0.4, -0.2) is 11.9 Å². The summed E-state index contributed by atoms with van der Waals surface area (Å²) in [6.45, 7) is 4.36. The molecule has 0 spiro atoms. The lowest BCUT2D eigenvalue weighted by Crippen LogP contribution is -2.37. The summed E-state index contributed by atoms with van der Waals surface area (Å²) in [6, 6.07) is 4.66. The van der Waals surface area contributed by atoms with E-state index < -0.39 is 5.82 Å². The van der Waals surface area contributed by atoms with E-state index in [1.165, 1.54) is 6.07 Å². The first kappa shape index (κ1) is 13.5. The minimum Gasteiger partial charge on any atom is -0.349 e. The van der Waals surface area contributed by atoms with Gasteiger partial charge < -0.3 is 5.32 Å². The van der Waals surface area contributed by atoms with Crippen LogP contribution in [0.25, 0.3) is 0 Å². The SMILES string of the molecule is CC1CCC(NC(=O)c2ccc(Br)c(F)c2)C1C. The van der Waals surface area contributed by atoms with Crippen LogP contribution < -0.4 is 5.32 Å². The van der Waals surface area contributed by atoms with Gasteiger partial charge in [-0.05, 0) is 58.8 Å². The van der Waals surface area contributed by atoms with Crippen LogP contribution in [0.15, 0.2) is 22.7 Å². The second-order valence-corrected chi connectivity index (χ2v) is 5.98. The lowest BCUT2D eigenvalue weighted by Gasteiger charge is -2.19. The summed E-state index contributed by atoms with van der Waals surface area (Å²) in [7, 11) is 0. The molecule has 18 heavy (non-hydrogen) atoms. The molecule has 1 fully saturated rings. The molecule has 2 nitrogen and oxygen atoms in total. The van der Waals surface area contributed by atoms with Crippen LogP contribution in [-0.2, 0) is 0 Å². The number of amides is 1. The molecule has 1 N–H and O–H groups in total. The van der Waals surface area contributed by atoms with E-state index in [4.69, 9.17) is 0 Å². The van der Waals surface area contributed by atoms with Crippen molar-refractivity contribution in [2.75, 3.05) is 0 Å². The number of halogens is 2. The third-order valence-corrected chi connectivity index (χ3v) is 4.61. The van der Waals surface area contributed by atoms with E-state index in [1.54, 1.807) is 12.1 Å². The molecule has 0 bridgehead atoms. The molecular weight excluding hydrogens is 297 g/mol. The highest BCUT2D eigenvalue weighted by Gasteiger charge is 2.30. The Morgan fingerprint density at radius 2 is 2.11 bits per heavy atom. The molecule has 4 heteroatoms. The van der Waals surface area contributed by atoms with E-state index in [1.807, 2.05) is 0 Å². The summed E-state index contributed by atoms with van der Waals surface area (Å²) in [6.07, 6.45) is 2.15. The van der Waals surface area contributed by atoms with Crippen LogP contribution in [0, 0.1) is 17.7 Å². The number of rotatable bonds is 2. The number of nitrogens with one attached hydrogen (secondary N) is 1. The largest absolute Gasteiger partial charge is 0.349 e. The second kappa shape index (κ2) is 5.39. The average molecular weight is 314 g/mol. The van der Waals surface area contributed by atoms with Crippen molar-refractivity contribution in [2.45, 2.75) is 32.7 Å². The highest BCUT2D eigenvalue weighted by molar-refractivity contribution is 9.10. The molecule has 0 heterocycles. The molecule has 3 unspecified atom stereocenters. The number of carbonyl (C=O) groups excluding carboxylic acids is 1. The van der Waals surface area contributed by atoms with E-state index in [9.17, 15) is 9.18 Å². The molecule has 0 radical (unpaired) electrons. The van der Waals surface area contributed by atoms with Crippen molar-refractivity contribution in [3.05, 3.63) is 34.1 Å². The lowest BCUT2D eigenvalue weighted by molar-refractivity contribution is 0.0927. The molecule has 0 aromatic heterocycles. The van der Waals surface area contributed by atoms with Crippen LogP contribution in [0.5, 0.6) is 0 Å². The van der Waals surface area contributed by atoms with Crippen LogP contribution in [0.2, 0.25) is 0 Å². The summed E-state index contributed by atoms with van der Waals surface area (Å²) in [4.78, 5) is 12.0. The highest BCUT2D eigenvalue weighted by Crippen LogP contribution is 2.31. The molecule has 98 valence electrons. The maximum atomic E-state index is 13.4. The smallest absolute Gasteiger partial charge is 0.251 e. The van der Waals surface area contributed by atoms with Gasteiger partial charge in [0, 0.05) is 11.6 Å². The first-order valence-corrected chi connectivity index (χ1v) is 7.04. The Morgan fingerprint density at radius 1 is 1.39 bits per heavy atom. The molecule has 0 aliphatic heterocycles. The van der Waals surface area contributed by atoms with Crippen molar-refractivity contribution < 1.29 is 9.18 Å². The summed E-state index contributed by atoms with van der Waals surface area (Å²) < 4.78 is 13.7. The molecular formula is C14H17BrFNO. The number of carbonyl (C=O) groups is 1. The Morgan fingerprint density at radius 3 is 2.67 bits per heavy atom. The molecule has 1 aliphatic rings. The predicted octanol–water partition coefficient (Wildman–Crippen LogP) is 3.75. The maximum Gasteiger partial charge on any atom is 0.251 e. The Hall–Kier alpha value is -0.900. The fraction of sp³-hybridized carbons (Fsp3) is 0.500. The van der Waals surface area contributed by atoms with E-state index in [0.717, 1.165) is 12.8 Å². The molecule has 1 amide bonds. The summed E-state index contributed by atoms with van der Waals surface area (Å²) >= 11 is 3.08. The number of hydrogen-bond donors (Lipinski definition) is 1. The van der Waals surface area contributed by atoms with Crippen molar-refractivity contribution in [3.8, 4) is 0 Å². The van der Waals surface area contributed by atoms with Gasteiger partial charge in [0.15, 0.2) is 0 Å². The van der Waals surface area contributed by atoms with E-state index >= 15 is 0 Å². The molecule has 1 saturated carbocycles. The number of benzene rings is 1. The molecule has 3 atom stereocenters. The minimum atomic E-state index is -0.407. The third-order valence-electron chi connectivity index (χ3n) is 3.96. The van der Waals surface area contributed by atoms with Gasteiger partial charge in [-0.3, -0.25) is 4.79 Å². The van der Waals surface area contributed by atoms with Gasteiger partial charge in [0.25, 0.3) is 5.91 Å². The van der Waals surface area contributed by atoms with Crippen molar-refractivity contribution in [1.29, 1.82) is 0 Å². The fourth-order valence-electron chi connectivity index (χ4n) is 2.46. The Balaban J connectivity index is 2.06. The quantitative estimate of drug-likeness (QED) is 0.885. The fourth-order valence-corrected chi connectivity index (χ4v) is 2.70. The summed E-state index contributed by atoms with van der Waals surface area (Å²) in [5.41, 5.74) is 0.377. The van der Waals surface area contributed by atoms with E-state index in [2.05, 4.69) is 35.1 Å². The Labute approximate surface area is 115 Å². The first-order valence-electron chi connectivity index (χ1n) is 6.25. The minimum absolute atomic E-state index is 0.188. The predicted molar refractivity (Wildman–Crippen MR) is 72.9 cm³/mol. The van der Waals surface area contributed by atoms with Crippen LogP contribution >= 0.6 is 15.9 Å². The van der Waals surface area contributed by atoms with Gasteiger partial charge in [-0.1, -0.05) is 13.8 Å². The van der Waals surface area contributed by atoms with Crippen molar-refractivity contribution in [2.24, 2.45) is 11.8 Å². The van der Waals surface area contributed by atoms with Gasteiger partial charge in [-0.15, -0.1) is 0 Å². The van der Waals surface area contributed by atoms with E-state index in [0.29, 0.717) is 21.9 Å². The second-order valence-electron chi connectivity index (χ2n) is 5.12. The molecule has 1 aromatic carbocycles. The molecule has 0 saturated heterocycles. The average Bonchev–Trinajstić information content (AvgIpc) is 2.64. The van der Waals surface area contributed by atoms with Gasteiger partial charge in [0.05, 0.1) is 4.47 Å². The van der Waals surface area contributed by atoms with Gasteiger partial charge in [-0.25, -0.2) is 4.39 Å². The van der Waals surface area contributed by atoms with Crippen molar-refractivity contribution >= 4 is 21.8 Å². The first-order chi connectivity index (χ1) is 8.49. The summed E-state index contributed by atoms with van der Waals surface area (Å²) in [5, 5.41) is 3.00. The van der Waals surface area contributed by atoms with Gasteiger partial charge in [-0.2, -0.15) is 0 Å². The zero-order valence-corrected chi connectivity index (χ0v) is 12.1. The highest BCUT2D eigenvalue weighted by atomic mass is 79.9.